The van der Waals surface area contributed by atoms with E-state index in [-0.39, 0.29) is 25.2 Å². The first kappa shape index (κ1) is 19.1. The summed E-state index contributed by atoms with van der Waals surface area (Å²) in [6.07, 6.45) is 3.08. The van der Waals surface area contributed by atoms with Gasteiger partial charge in [-0.1, -0.05) is 18.2 Å². The molecule has 0 amide bonds. The third kappa shape index (κ3) is 3.59. The molecule has 144 valence electrons. The van der Waals surface area contributed by atoms with Gasteiger partial charge in [0.25, 0.3) is 0 Å². The molecule has 0 radical (unpaired) electrons. The molecule has 1 aliphatic heterocycles. The molecule has 0 bridgehead atoms. The Balaban J connectivity index is 2.03. The molecule has 0 spiro atoms. The van der Waals surface area contributed by atoms with Gasteiger partial charge in [0.05, 0.1) is 40.5 Å². The maximum Gasteiger partial charge on any atom is 0.165 e. The third-order valence-corrected chi connectivity index (χ3v) is 4.68. The van der Waals surface area contributed by atoms with Crippen molar-refractivity contribution < 1.29 is 29.2 Å². The van der Waals surface area contributed by atoms with Gasteiger partial charge in [0, 0.05) is 5.56 Å². The number of aliphatic hydroxyl groups is 2. The lowest BCUT2D eigenvalue weighted by Gasteiger charge is -2.19. The molecule has 6 nitrogen and oxygen atoms in total. The molecule has 0 aromatic heterocycles. The molecule has 3 rings (SSSR count). The van der Waals surface area contributed by atoms with Crippen LogP contribution < -0.4 is 18.9 Å². The summed E-state index contributed by atoms with van der Waals surface area (Å²) in [5.74, 6) is 2.19. The molecule has 2 unspecified atom stereocenters. The topological polar surface area (TPSA) is 77.4 Å². The lowest BCUT2D eigenvalue weighted by molar-refractivity contribution is 0.156. The zero-order chi connectivity index (χ0) is 19.4. The number of benzene rings is 2. The van der Waals surface area contributed by atoms with Gasteiger partial charge in [-0.2, -0.15) is 0 Å². The highest BCUT2D eigenvalue weighted by Gasteiger charge is 2.37. The van der Waals surface area contributed by atoms with Gasteiger partial charge in [0.2, 0.25) is 0 Å². The van der Waals surface area contributed by atoms with Crippen LogP contribution in [0.25, 0.3) is 6.08 Å². The Bertz CT molecular complexity index is 830. The number of hydrogen-bond acceptors (Lipinski definition) is 6. The van der Waals surface area contributed by atoms with Crippen molar-refractivity contribution in [2.75, 3.05) is 34.5 Å². The predicted octanol–water partition coefficient (Wildman–Crippen LogP) is 2.93. The molecule has 2 aromatic rings. The molecular formula is C21H24O6. The molecule has 6 heteroatoms. The van der Waals surface area contributed by atoms with Crippen LogP contribution in [0, 0.1) is 0 Å². The Morgan fingerprint density at radius 3 is 2.33 bits per heavy atom. The van der Waals surface area contributed by atoms with E-state index in [0.29, 0.717) is 23.0 Å². The SMILES string of the molecule is COc1ccc(C2Oc3c(OC)cc(/C=C/CO)cc3C2CO)cc1OC. The number of fused-ring (bicyclic) bond motifs is 1. The van der Waals surface area contributed by atoms with Crippen molar-refractivity contribution in [2.24, 2.45) is 0 Å². The first-order chi connectivity index (χ1) is 13.2. The van der Waals surface area contributed by atoms with Crippen LogP contribution in [0.4, 0.5) is 0 Å². The average molecular weight is 372 g/mol. The second-order valence-corrected chi connectivity index (χ2v) is 6.17. The number of rotatable bonds is 7. The molecular weight excluding hydrogens is 348 g/mol. The summed E-state index contributed by atoms with van der Waals surface area (Å²) in [5, 5.41) is 19.1. The van der Waals surface area contributed by atoms with Crippen LogP contribution >= 0.6 is 0 Å². The van der Waals surface area contributed by atoms with Gasteiger partial charge in [0.1, 0.15) is 6.10 Å². The van der Waals surface area contributed by atoms with Gasteiger partial charge >= 0.3 is 0 Å². The Morgan fingerprint density at radius 1 is 0.963 bits per heavy atom. The maximum absolute atomic E-state index is 10.1. The lowest BCUT2D eigenvalue weighted by Crippen LogP contribution is -2.13. The molecule has 0 saturated carbocycles. The Kier molecular flexibility index (Phi) is 5.88. The van der Waals surface area contributed by atoms with E-state index in [1.54, 1.807) is 33.5 Å². The summed E-state index contributed by atoms with van der Waals surface area (Å²) in [6.45, 7) is -0.129. The van der Waals surface area contributed by atoms with Gasteiger partial charge in [-0.25, -0.2) is 0 Å². The largest absolute Gasteiger partial charge is 0.493 e. The highest BCUT2D eigenvalue weighted by molar-refractivity contribution is 5.62. The van der Waals surface area contributed by atoms with Crippen molar-refractivity contribution in [1.29, 1.82) is 0 Å². The van der Waals surface area contributed by atoms with Gasteiger partial charge < -0.3 is 29.2 Å². The number of ether oxygens (including phenoxy) is 4. The molecule has 0 fully saturated rings. The number of hydrogen-bond donors (Lipinski definition) is 2. The monoisotopic (exact) mass is 372 g/mol. The van der Waals surface area contributed by atoms with Crippen LogP contribution in [0.15, 0.2) is 36.4 Å². The molecule has 0 saturated heterocycles. The van der Waals surface area contributed by atoms with Crippen molar-refractivity contribution in [3.63, 3.8) is 0 Å². The highest BCUT2D eigenvalue weighted by Crippen LogP contribution is 2.51. The molecule has 1 aliphatic rings. The third-order valence-electron chi connectivity index (χ3n) is 4.68. The first-order valence-electron chi connectivity index (χ1n) is 8.65. The second-order valence-electron chi connectivity index (χ2n) is 6.17. The van der Waals surface area contributed by atoms with E-state index in [1.807, 2.05) is 30.3 Å². The van der Waals surface area contributed by atoms with Crippen molar-refractivity contribution >= 4 is 6.08 Å². The van der Waals surface area contributed by atoms with Crippen LogP contribution in [0.3, 0.4) is 0 Å². The van der Waals surface area contributed by atoms with E-state index in [9.17, 15) is 5.11 Å². The predicted molar refractivity (Wildman–Crippen MR) is 102 cm³/mol. The average Bonchev–Trinajstić information content (AvgIpc) is 3.09. The van der Waals surface area contributed by atoms with Crippen LogP contribution in [0.5, 0.6) is 23.0 Å². The van der Waals surface area contributed by atoms with E-state index in [2.05, 4.69) is 0 Å². The zero-order valence-electron chi connectivity index (χ0n) is 15.6. The minimum Gasteiger partial charge on any atom is -0.493 e. The van der Waals surface area contributed by atoms with E-state index in [4.69, 9.17) is 24.1 Å². The van der Waals surface area contributed by atoms with Gasteiger partial charge in [-0.3, -0.25) is 0 Å². The number of aliphatic hydroxyl groups excluding tert-OH is 2. The first-order valence-corrected chi connectivity index (χ1v) is 8.65. The summed E-state index contributed by atoms with van der Waals surface area (Å²) in [6, 6.07) is 9.38. The van der Waals surface area contributed by atoms with Crippen molar-refractivity contribution in [3.8, 4) is 23.0 Å². The molecule has 1 heterocycles. The van der Waals surface area contributed by atoms with Crippen molar-refractivity contribution in [1.82, 2.24) is 0 Å². The van der Waals surface area contributed by atoms with Crippen LogP contribution in [0.1, 0.15) is 28.7 Å². The zero-order valence-corrected chi connectivity index (χ0v) is 15.6. The summed E-state index contributed by atoms with van der Waals surface area (Å²) in [7, 11) is 4.75. The van der Waals surface area contributed by atoms with E-state index >= 15 is 0 Å². The summed E-state index contributed by atoms with van der Waals surface area (Å²) < 4.78 is 22.4. The van der Waals surface area contributed by atoms with Crippen LogP contribution in [0.2, 0.25) is 0 Å². The fourth-order valence-electron chi connectivity index (χ4n) is 3.38. The standard InChI is InChI=1S/C21H24O6/c1-24-17-7-6-14(11-18(17)25-2)20-16(12-23)15-9-13(5-4-8-22)10-19(26-3)21(15)27-20/h4-7,9-11,16,20,22-23H,8,12H2,1-3H3/b5-4+. The van der Waals surface area contributed by atoms with Gasteiger partial charge in [-0.15, -0.1) is 0 Å². The molecule has 27 heavy (non-hydrogen) atoms. The van der Waals surface area contributed by atoms with E-state index < -0.39 is 0 Å². The summed E-state index contributed by atoms with van der Waals surface area (Å²) in [5.41, 5.74) is 2.61. The summed E-state index contributed by atoms with van der Waals surface area (Å²) in [4.78, 5) is 0. The molecule has 2 atom stereocenters. The second kappa shape index (κ2) is 8.33. The Labute approximate surface area is 158 Å². The minimum absolute atomic E-state index is 0.0480. The normalized spacial score (nSPS) is 18.3. The quantitative estimate of drug-likeness (QED) is 0.778. The van der Waals surface area contributed by atoms with Crippen molar-refractivity contribution in [2.45, 2.75) is 12.0 Å². The van der Waals surface area contributed by atoms with Gasteiger partial charge in [-0.05, 0) is 35.4 Å². The smallest absolute Gasteiger partial charge is 0.165 e. The fraction of sp³-hybridized carbons (Fsp3) is 0.333. The maximum atomic E-state index is 10.1. The molecule has 2 aromatic carbocycles. The summed E-state index contributed by atoms with van der Waals surface area (Å²) >= 11 is 0. The van der Waals surface area contributed by atoms with E-state index in [1.165, 1.54) is 0 Å². The minimum atomic E-state index is -0.379. The van der Waals surface area contributed by atoms with Crippen molar-refractivity contribution in [3.05, 3.63) is 53.1 Å². The Hall–Kier alpha value is -2.70. The number of methoxy groups -OCH3 is 3. The van der Waals surface area contributed by atoms with Gasteiger partial charge in [0.15, 0.2) is 23.0 Å². The fourth-order valence-corrected chi connectivity index (χ4v) is 3.38. The highest BCUT2D eigenvalue weighted by atomic mass is 16.5. The van der Waals surface area contributed by atoms with E-state index in [0.717, 1.165) is 16.7 Å². The molecule has 0 aliphatic carbocycles. The van der Waals surface area contributed by atoms with Crippen LogP contribution in [-0.2, 0) is 0 Å². The molecule has 2 N–H and O–H groups in total. The Morgan fingerprint density at radius 2 is 1.70 bits per heavy atom. The lowest BCUT2D eigenvalue weighted by atomic mass is 9.90. The van der Waals surface area contributed by atoms with Crippen LogP contribution in [-0.4, -0.2) is 44.8 Å².